The van der Waals surface area contributed by atoms with Crippen LogP contribution >= 0.6 is 0 Å². The second kappa shape index (κ2) is 5.78. The van der Waals surface area contributed by atoms with E-state index in [4.69, 9.17) is 5.73 Å². The van der Waals surface area contributed by atoms with Gasteiger partial charge in [-0.2, -0.15) is 0 Å². The van der Waals surface area contributed by atoms with Gasteiger partial charge in [0.15, 0.2) is 0 Å². The number of carbonyl (C=O) groups excluding carboxylic acids is 1. The van der Waals surface area contributed by atoms with E-state index in [1.807, 2.05) is 63.2 Å². The zero-order chi connectivity index (χ0) is 14.7. The first-order valence-corrected chi connectivity index (χ1v) is 6.72. The van der Waals surface area contributed by atoms with Crippen LogP contribution in [0.4, 0.5) is 11.4 Å². The molecule has 2 aromatic rings. The molecule has 0 radical (unpaired) electrons. The smallest absolute Gasteiger partial charge is 0.231 e. The highest BCUT2D eigenvalue weighted by Crippen LogP contribution is 2.27. The van der Waals surface area contributed by atoms with Crippen LogP contribution in [0.5, 0.6) is 0 Å². The highest BCUT2D eigenvalue weighted by molar-refractivity contribution is 5.98. The minimum absolute atomic E-state index is 0.0448. The summed E-state index contributed by atoms with van der Waals surface area (Å²) in [4.78, 5) is 12.4. The number of aryl methyl sites for hydroxylation is 1. The van der Waals surface area contributed by atoms with Gasteiger partial charge in [0.05, 0.1) is 17.3 Å². The average molecular weight is 268 g/mol. The predicted molar refractivity (Wildman–Crippen MR) is 83.8 cm³/mol. The summed E-state index contributed by atoms with van der Waals surface area (Å²) in [5, 5.41) is 2.95. The molecule has 104 valence electrons. The Morgan fingerprint density at radius 1 is 1.10 bits per heavy atom. The summed E-state index contributed by atoms with van der Waals surface area (Å²) in [6.45, 7) is 5.87. The van der Waals surface area contributed by atoms with Gasteiger partial charge in [-0.25, -0.2) is 0 Å². The Morgan fingerprint density at radius 3 is 2.40 bits per heavy atom. The highest BCUT2D eigenvalue weighted by Gasteiger charge is 2.17. The number of hydrogen-bond acceptors (Lipinski definition) is 2. The van der Waals surface area contributed by atoms with Crippen LogP contribution in [0.3, 0.4) is 0 Å². The molecule has 0 aliphatic heterocycles. The monoisotopic (exact) mass is 268 g/mol. The van der Waals surface area contributed by atoms with Gasteiger partial charge in [-0.15, -0.1) is 0 Å². The Morgan fingerprint density at radius 2 is 1.75 bits per heavy atom. The lowest BCUT2D eigenvalue weighted by atomic mass is 9.99. The van der Waals surface area contributed by atoms with Gasteiger partial charge in [0.25, 0.3) is 0 Å². The van der Waals surface area contributed by atoms with E-state index < -0.39 is 0 Å². The van der Waals surface area contributed by atoms with E-state index in [2.05, 4.69) is 5.32 Å². The maximum Gasteiger partial charge on any atom is 0.231 e. The van der Waals surface area contributed by atoms with Crippen molar-refractivity contribution in [1.82, 2.24) is 0 Å². The van der Waals surface area contributed by atoms with E-state index in [-0.39, 0.29) is 11.8 Å². The van der Waals surface area contributed by atoms with Gasteiger partial charge in [0.1, 0.15) is 0 Å². The molecule has 0 fully saturated rings. The molecule has 0 saturated heterocycles. The molecule has 0 aromatic heterocycles. The maximum absolute atomic E-state index is 12.4. The van der Waals surface area contributed by atoms with Crippen LogP contribution in [0.15, 0.2) is 42.5 Å². The lowest BCUT2D eigenvalue weighted by molar-refractivity contribution is -0.117. The van der Waals surface area contributed by atoms with Crippen molar-refractivity contribution in [3.8, 4) is 0 Å². The molecule has 1 atom stereocenters. The van der Waals surface area contributed by atoms with E-state index in [1.165, 1.54) is 0 Å². The lowest BCUT2D eigenvalue weighted by Gasteiger charge is -2.16. The number of carbonyl (C=O) groups is 1. The van der Waals surface area contributed by atoms with Crippen molar-refractivity contribution in [3.63, 3.8) is 0 Å². The summed E-state index contributed by atoms with van der Waals surface area (Å²) in [7, 11) is 0. The predicted octanol–water partition coefficient (Wildman–Crippen LogP) is 3.63. The highest BCUT2D eigenvalue weighted by atomic mass is 16.1. The van der Waals surface area contributed by atoms with Gasteiger partial charge in [-0.1, -0.05) is 36.4 Å². The molecule has 3 heteroatoms. The third kappa shape index (κ3) is 2.82. The van der Waals surface area contributed by atoms with E-state index in [0.29, 0.717) is 5.69 Å². The SMILES string of the molecule is Cc1ccc(N)c(NC(=O)C(C)c2ccccc2)c1C. The van der Waals surface area contributed by atoms with E-state index in [0.717, 1.165) is 22.4 Å². The zero-order valence-corrected chi connectivity index (χ0v) is 12.1. The van der Waals surface area contributed by atoms with Crippen LogP contribution in [-0.2, 0) is 4.79 Å². The molecule has 1 unspecified atom stereocenters. The van der Waals surface area contributed by atoms with Crippen LogP contribution in [0, 0.1) is 13.8 Å². The molecule has 0 aliphatic carbocycles. The minimum Gasteiger partial charge on any atom is -0.397 e. The molecule has 0 aliphatic rings. The molecule has 2 rings (SSSR count). The number of rotatable bonds is 3. The van der Waals surface area contributed by atoms with Crippen LogP contribution in [0.1, 0.15) is 29.5 Å². The first-order valence-electron chi connectivity index (χ1n) is 6.72. The quantitative estimate of drug-likeness (QED) is 0.835. The molecule has 2 aromatic carbocycles. The van der Waals surface area contributed by atoms with E-state index >= 15 is 0 Å². The van der Waals surface area contributed by atoms with Crippen LogP contribution in [0.25, 0.3) is 0 Å². The van der Waals surface area contributed by atoms with E-state index in [1.54, 1.807) is 0 Å². The second-order valence-corrected chi connectivity index (χ2v) is 5.09. The number of nitrogen functional groups attached to an aromatic ring is 1. The normalized spacial score (nSPS) is 11.9. The molecule has 3 nitrogen and oxygen atoms in total. The molecular formula is C17H20N2O. The Hall–Kier alpha value is -2.29. The van der Waals surface area contributed by atoms with E-state index in [9.17, 15) is 4.79 Å². The average Bonchev–Trinajstić information content (AvgIpc) is 2.47. The van der Waals surface area contributed by atoms with Crippen molar-refractivity contribution in [2.75, 3.05) is 11.1 Å². The molecule has 0 saturated carbocycles. The van der Waals surface area contributed by atoms with Crippen LogP contribution in [0.2, 0.25) is 0 Å². The third-order valence-electron chi connectivity index (χ3n) is 3.71. The maximum atomic E-state index is 12.4. The summed E-state index contributed by atoms with van der Waals surface area (Å²) >= 11 is 0. The Labute approximate surface area is 119 Å². The first-order chi connectivity index (χ1) is 9.50. The molecule has 1 amide bonds. The van der Waals surface area contributed by atoms with Gasteiger partial charge in [-0.3, -0.25) is 4.79 Å². The lowest BCUT2D eigenvalue weighted by Crippen LogP contribution is -2.20. The van der Waals surface area contributed by atoms with Gasteiger partial charge in [0.2, 0.25) is 5.91 Å². The Kier molecular flexibility index (Phi) is 4.08. The number of hydrogen-bond donors (Lipinski definition) is 2. The fourth-order valence-electron chi connectivity index (χ4n) is 2.13. The van der Waals surface area contributed by atoms with Crippen molar-refractivity contribution in [3.05, 3.63) is 59.2 Å². The molecule has 0 heterocycles. The third-order valence-corrected chi connectivity index (χ3v) is 3.71. The largest absolute Gasteiger partial charge is 0.397 e. The number of anilines is 2. The number of nitrogens with one attached hydrogen (secondary N) is 1. The Balaban J connectivity index is 2.23. The van der Waals surface area contributed by atoms with Gasteiger partial charge < -0.3 is 11.1 Å². The molecular weight excluding hydrogens is 248 g/mol. The van der Waals surface area contributed by atoms with Gasteiger partial charge >= 0.3 is 0 Å². The van der Waals surface area contributed by atoms with Gasteiger partial charge in [-0.05, 0) is 43.5 Å². The standard InChI is InChI=1S/C17H20N2O/c1-11-9-10-15(18)16(12(11)2)19-17(20)13(3)14-7-5-4-6-8-14/h4-10,13H,18H2,1-3H3,(H,19,20). The summed E-state index contributed by atoms with van der Waals surface area (Å²) in [5.41, 5.74) is 10.4. The second-order valence-electron chi connectivity index (χ2n) is 5.09. The van der Waals surface area contributed by atoms with Crippen molar-refractivity contribution in [1.29, 1.82) is 0 Å². The summed E-state index contributed by atoms with van der Waals surface area (Å²) < 4.78 is 0. The van der Waals surface area contributed by atoms with Crippen LogP contribution in [-0.4, -0.2) is 5.91 Å². The molecule has 0 spiro atoms. The summed E-state index contributed by atoms with van der Waals surface area (Å²) in [6, 6.07) is 13.5. The molecule has 3 N–H and O–H groups in total. The molecule has 0 bridgehead atoms. The topological polar surface area (TPSA) is 55.1 Å². The van der Waals surface area contributed by atoms with Gasteiger partial charge in [0, 0.05) is 0 Å². The number of amides is 1. The first kappa shape index (κ1) is 14.1. The van der Waals surface area contributed by atoms with Crippen molar-refractivity contribution in [2.45, 2.75) is 26.7 Å². The number of benzene rings is 2. The van der Waals surface area contributed by atoms with Crippen LogP contribution < -0.4 is 11.1 Å². The number of nitrogens with two attached hydrogens (primary N) is 1. The Bertz CT molecular complexity index is 620. The zero-order valence-electron chi connectivity index (χ0n) is 12.1. The minimum atomic E-state index is -0.212. The van der Waals surface area contributed by atoms with Crippen molar-refractivity contribution in [2.24, 2.45) is 0 Å². The fourth-order valence-corrected chi connectivity index (χ4v) is 2.13. The summed E-state index contributed by atoms with van der Waals surface area (Å²) in [5.74, 6) is -0.257. The molecule has 20 heavy (non-hydrogen) atoms. The van der Waals surface area contributed by atoms with Crippen molar-refractivity contribution < 1.29 is 4.79 Å². The fraction of sp³-hybridized carbons (Fsp3) is 0.235. The summed E-state index contributed by atoms with van der Waals surface area (Å²) in [6.07, 6.45) is 0. The van der Waals surface area contributed by atoms with Crippen molar-refractivity contribution >= 4 is 17.3 Å².